The molecule has 0 radical (unpaired) electrons. The average Bonchev–Trinajstić information content (AvgIpc) is 2.29. The maximum absolute atomic E-state index is 4.29. The summed E-state index contributed by atoms with van der Waals surface area (Å²) >= 11 is 0. The predicted molar refractivity (Wildman–Crippen MR) is 45.0 cm³/mol. The largest absolute Gasteiger partial charge is 0.253 e. The molecule has 0 aliphatic carbocycles. The topological polar surface area (TPSA) is 43.1 Å². The van der Waals surface area contributed by atoms with E-state index in [-0.39, 0.29) is 0 Å². The second-order valence-electron chi connectivity index (χ2n) is 2.89. The molecule has 2 heterocycles. The predicted octanol–water partition coefficient (Wildman–Crippen LogP) is 1.05. The van der Waals surface area contributed by atoms with E-state index in [1.165, 1.54) is 0 Å². The van der Waals surface area contributed by atoms with E-state index in [0.29, 0.717) is 0 Å². The molecule has 0 amide bonds. The van der Waals surface area contributed by atoms with Gasteiger partial charge in [-0.05, 0) is 20.8 Å². The molecule has 0 fully saturated rings. The maximum Gasteiger partial charge on any atom is 0.176 e. The van der Waals surface area contributed by atoms with Crippen LogP contribution in [-0.2, 0) is 0 Å². The molecule has 0 N–H and O–H groups in total. The van der Waals surface area contributed by atoms with Gasteiger partial charge in [-0.1, -0.05) is 0 Å². The SMILES string of the molecule is Cc1cn2nc(C)nc2c(C)n1. The summed E-state index contributed by atoms with van der Waals surface area (Å²) in [4.78, 5) is 8.53. The highest BCUT2D eigenvalue weighted by Crippen LogP contribution is 2.05. The van der Waals surface area contributed by atoms with Gasteiger partial charge in [-0.2, -0.15) is 5.10 Å². The highest BCUT2D eigenvalue weighted by Gasteiger charge is 2.03. The van der Waals surface area contributed by atoms with Gasteiger partial charge in [0, 0.05) is 0 Å². The lowest BCUT2D eigenvalue weighted by Crippen LogP contribution is -1.95. The Hall–Kier alpha value is -1.45. The molecule has 2 aromatic heterocycles. The number of hydrogen-bond donors (Lipinski definition) is 0. The minimum atomic E-state index is 0.783. The van der Waals surface area contributed by atoms with Crippen LogP contribution in [0.15, 0.2) is 6.20 Å². The lowest BCUT2D eigenvalue weighted by molar-refractivity contribution is 0.896. The Labute approximate surface area is 70.3 Å². The fourth-order valence-electron chi connectivity index (χ4n) is 1.29. The zero-order valence-corrected chi connectivity index (χ0v) is 7.37. The van der Waals surface area contributed by atoms with Gasteiger partial charge in [0.05, 0.1) is 17.6 Å². The van der Waals surface area contributed by atoms with Crippen LogP contribution in [0.2, 0.25) is 0 Å². The molecular formula is C8H10N4. The quantitative estimate of drug-likeness (QED) is 0.581. The van der Waals surface area contributed by atoms with Crippen LogP contribution in [0.1, 0.15) is 17.2 Å². The highest BCUT2D eigenvalue weighted by atomic mass is 15.3. The van der Waals surface area contributed by atoms with Gasteiger partial charge in [0.25, 0.3) is 0 Å². The van der Waals surface area contributed by atoms with Crippen molar-refractivity contribution in [1.29, 1.82) is 0 Å². The molecule has 4 nitrogen and oxygen atoms in total. The molecular weight excluding hydrogens is 152 g/mol. The Morgan fingerprint density at radius 3 is 2.67 bits per heavy atom. The molecule has 0 saturated heterocycles. The van der Waals surface area contributed by atoms with Crippen LogP contribution < -0.4 is 0 Å². The molecule has 2 aromatic rings. The van der Waals surface area contributed by atoms with Gasteiger partial charge in [-0.25, -0.2) is 9.50 Å². The van der Waals surface area contributed by atoms with Crippen molar-refractivity contribution >= 4 is 5.65 Å². The lowest BCUT2D eigenvalue weighted by atomic mass is 10.4. The summed E-state index contributed by atoms with van der Waals surface area (Å²) in [6, 6.07) is 0. The lowest BCUT2D eigenvalue weighted by Gasteiger charge is -1.96. The van der Waals surface area contributed by atoms with E-state index in [0.717, 1.165) is 22.9 Å². The van der Waals surface area contributed by atoms with Crippen LogP contribution in [0.3, 0.4) is 0 Å². The first-order chi connectivity index (χ1) is 5.66. The molecule has 0 aliphatic heterocycles. The zero-order valence-electron chi connectivity index (χ0n) is 7.37. The Morgan fingerprint density at radius 2 is 1.92 bits per heavy atom. The van der Waals surface area contributed by atoms with Gasteiger partial charge in [0.15, 0.2) is 5.65 Å². The van der Waals surface area contributed by atoms with Crippen molar-refractivity contribution in [2.45, 2.75) is 20.8 Å². The number of hydrogen-bond acceptors (Lipinski definition) is 3. The number of fused-ring (bicyclic) bond motifs is 1. The van der Waals surface area contributed by atoms with Gasteiger partial charge in [0.2, 0.25) is 0 Å². The summed E-state index contributed by atoms with van der Waals surface area (Å²) in [6.07, 6.45) is 1.88. The molecule has 0 bridgehead atoms. The number of aryl methyl sites for hydroxylation is 3. The van der Waals surface area contributed by atoms with Crippen molar-refractivity contribution in [3.05, 3.63) is 23.4 Å². The molecule has 12 heavy (non-hydrogen) atoms. The van der Waals surface area contributed by atoms with Gasteiger partial charge in [-0.15, -0.1) is 0 Å². The first-order valence-corrected chi connectivity index (χ1v) is 3.84. The molecule has 62 valence electrons. The van der Waals surface area contributed by atoms with E-state index < -0.39 is 0 Å². The molecule has 0 atom stereocenters. The van der Waals surface area contributed by atoms with Crippen molar-refractivity contribution in [3.8, 4) is 0 Å². The van der Waals surface area contributed by atoms with Crippen LogP contribution in [-0.4, -0.2) is 19.6 Å². The maximum atomic E-state index is 4.29. The highest BCUT2D eigenvalue weighted by molar-refractivity contribution is 5.42. The third-order valence-corrected chi connectivity index (χ3v) is 1.71. The number of aromatic nitrogens is 4. The van der Waals surface area contributed by atoms with E-state index in [4.69, 9.17) is 0 Å². The molecule has 0 aromatic carbocycles. The summed E-state index contributed by atoms with van der Waals surface area (Å²) in [5, 5.41) is 4.20. The van der Waals surface area contributed by atoms with Crippen molar-refractivity contribution in [1.82, 2.24) is 19.6 Å². The molecule has 4 heteroatoms. The van der Waals surface area contributed by atoms with Crippen LogP contribution in [0.5, 0.6) is 0 Å². The Bertz CT molecular complexity index is 430. The second kappa shape index (κ2) is 2.27. The molecule has 0 spiro atoms. The molecule has 0 saturated carbocycles. The standard InChI is InChI=1S/C8H10N4/c1-5-4-12-8(6(2)9-5)10-7(3)11-12/h4H,1-3H3. The number of rotatable bonds is 0. The van der Waals surface area contributed by atoms with Crippen LogP contribution in [0.25, 0.3) is 5.65 Å². The van der Waals surface area contributed by atoms with Crippen LogP contribution in [0.4, 0.5) is 0 Å². The molecule has 2 rings (SSSR count). The van der Waals surface area contributed by atoms with Crippen molar-refractivity contribution < 1.29 is 0 Å². The third kappa shape index (κ3) is 0.958. The third-order valence-electron chi connectivity index (χ3n) is 1.71. The van der Waals surface area contributed by atoms with E-state index in [2.05, 4.69) is 15.1 Å². The molecule has 0 unspecified atom stereocenters. The van der Waals surface area contributed by atoms with E-state index >= 15 is 0 Å². The summed E-state index contributed by atoms with van der Waals surface area (Å²) in [5.74, 6) is 0.783. The second-order valence-corrected chi connectivity index (χ2v) is 2.89. The van der Waals surface area contributed by atoms with E-state index in [1.54, 1.807) is 4.52 Å². The van der Waals surface area contributed by atoms with Gasteiger partial charge >= 0.3 is 0 Å². The summed E-state index contributed by atoms with van der Waals surface area (Å²) in [6.45, 7) is 5.77. The van der Waals surface area contributed by atoms with Gasteiger partial charge < -0.3 is 0 Å². The van der Waals surface area contributed by atoms with Crippen LogP contribution in [0, 0.1) is 20.8 Å². The summed E-state index contributed by atoms with van der Waals surface area (Å²) in [7, 11) is 0. The Balaban J connectivity index is 2.88. The fraction of sp³-hybridized carbons (Fsp3) is 0.375. The van der Waals surface area contributed by atoms with Gasteiger partial charge in [0.1, 0.15) is 5.82 Å². The first kappa shape index (κ1) is 7.21. The molecule has 0 aliphatic rings. The van der Waals surface area contributed by atoms with E-state index in [1.807, 2.05) is 27.0 Å². The normalized spacial score (nSPS) is 10.9. The zero-order chi connectivity index (χ0) is 8.72. The van der Waals surface area contributed by atoms with Crippen LogP contribution >= 0.6 is 0 Å². The Kier molecular flexibility index (Phi) is 1.36. The summed E-state index contributed by atoms with van der Waals surface area (Å²) < 4.78 is 1.77. The average molecular weight is 162 g/mol. The first-order valence-electron chi connectivity index (χ1n) is 3.84. The van der Waals surface area contributed by atoms with Crippen molar-refractivity contribution in [2.75, 3.05) is 0 Å². The van der Waals surface area contributed by atoms with Crippen molar-refractivity contribution in [2.24, 2.45) is 0 Å². The smallest absolute Gasteiger partial charge is 0.176 e. The summed E-state index contributed by atoms with van der Waals surface area (Å²) in [5.41, 5.74) is 2.73. The Morgan fingerprint density at radius 1 is 1.17 bits per heavy atom. The van der Waals surface area contributed by atoms with Crippen molar-refractivity contribution in [3.63, 3.8) is 0 Å². The number of nitrogens with zero attached hydrogens (tertiary/aromatic N) is 4. The van der Waals surface area contributed by atoms with Gasteiger partial charge in [-0.3, -0.25) is 4.98 Å². The fourth-order valence-corrected chi connectivity index (χ4v) is 1.29. The van der Waals surface area contributed by atoms with E-state index in [9.17, 15) is 0 Å². The monoisotopic (exact) mass is 162 g/mol. The minimum absolute atomic E-state index is 0.783. The minimum Gasteiger partial charge on any atom is -0.253 e.